The van der Waals surface area contributed by atoms with E-state index >= 15 is 0 Å². The Balaban J connectivity index is 2.02. The zero-order valence-corrected chi connectivity index (χ0v) is 10.8. The van der Waals surface area contributed by atoms with Crippen molar-refractivity contribution in [2.45, 2.75) is 40.2 Å². The zero-order chi connectivity index (χ0) is 12.3. The molecule has 90 valence electrons. The van der Waals surface area contributed by atoms with E-state index in [4.69, 9.17) is 0 Å². The molecule has 1 aromatic carbocycles. The molecule has 0 N–H and O–H groups in total. The molecule has 3 heteroatoms. The molecule has 1 heterocycles. The minimum atomic E-state index is 0.885. The predicted molar refractivity (Wildman–Crippen MR) is 69.0 cm³/mol. The van der Waals surface area contributed by atoms with E-state index < -0.39 is 0 Å². The highest BCUT2D eigenvalue weighted by Gasteiger charge is 2.03. The van der Waals surface area contributed by atoms with Crippen LogP contribution in [-0.4, -0.2) is 15.0 Å². The van der Waals surface area contributed by atoms with E-state index in [0.29, 0.717) is 0 Å². The summed E-state index contributed by atoms with van der Waals surface area (Å²) in [5.74, 6) is 0. The van der Waals surface area contributed by atoms with Crippen molar-refractivity contribution in [3.8, 4) is 0 Å². The third-order valence-corrected chi connectivity index (χ3v) is 3.06. The van der Waals surface area contributed by atoms with Gasteiger partial charge in [0.1, 0.15) is 0 Å². The van der Waals surface area contributed by atoms with Gasteiger partial charge >= 0.3 is 0 Å². The Labute approximate surface area is 102 Å². The summed E-state index contributed by atoms with van der Waals surface area (Å²) in [5.41, 5.74) is 5.17. The van der Waals surface area contributed by atoms with Crippen molar-refractivity contribution in [2.24, 2.45) is 0 Å². The molecule has 0 radical (unpaired) electrons. The molecule has 0 aliphatic heterocycles. The number of aryl methyl sites for hydroxylation is 5. The molecule has 0 amide bonds. The van der Waals surface area contributed by atoms with Gasteiger partial charge in [0.2, 0.25) is 0 Å². The number of aromatic nitrogens is 3. The van der Waals surface area contributed by atoms with Crippen LogP contribution in [0.25, 0.3) is 0 Å². The Morgan fingerprint density at radius 2 is 2.00 bits per heavy atom. The molecule has 0 saturated heterocycles. The first-order valence-electron chi connectivity index (χ1n) is 6.14. The van der Waals surface area contributed by atoms with E-state index in [1.54, 1.807) is 0 Å². The standard InChI is InChI=1S/C14H19N3/c1-4-17-10-14(15-16-17)8-7-13-6-5-11(2)9-12(13)3/h5-6,9-10H,4,7-8H2,1-3H3. The van der Waals surface area contributed by atoms with Crippen LogP contribution in [0, 0.1) is 13.8 Å². The van der Waals surface area contributed by atoms with Gasteiger partial charge in [-0.1, -0.05) is 29.0 Å². The number of hydrogen-bond donors (Lipinski definition) is 0. The van der Waals surface area contributed by atoms with E-state index in [-0.39, 0.29) is 0 Å². The van der Waals surface area contributed by atoms with Gasteiger partial charge in [-0.25, -0.2) is 0 Å². The van der Waals surface area contributed by atoms with Gasteiger partial charge in [-0.05, 0) is 44.7 Å². The van der Waals surface area contributed by atoms with E-state index in [0.717, 1.165) is 25.1 Å². The Hall–Kier alpha value is -1.64. The van der Waals surface area contributed by atoms with Gasteiger partial charge in [-0.15, -0.1) is 5.10 Å². The summed E-state index contributed by atoms with van der Waals surface area (Å²) in [7, 11) is 0. The lowest BCUT2D eigenvalue weighted by Gasteiger charge is -2.05. The number of nitrogens with zero attached hydrogens (tertiary/aromatic N) is 3. The fourth-order valence-electron chi connectivity index (χ4n) is 2.00. The van der Waals surface area contributed by atoms with Gasteiger partial charge < -0.3 is 0 Å². The molecule has 0 aliphatic rings. The molecule has 2 rings (SSSR count). The van der Waals surface area contributed by atoms with Crippen LogP contribution in [0.1, 0.15) is 29.3 Å². The Bertz CT molecular complexity index is 500. The van der Waals surface area contributed by atoms with Gasteiger partial charge in [0.05, 0.1) is 5.69 Å². The third-order valence-electron chi connectivity index (χ3n) is 3.06. The normalized spacial score (nSPS) is 10.8. The fourth-order valence-corrected chi connectivity index (χ4v) is 2.00. The largest absolute Gasteiger partial charge is 0.253 e. The topological polar surface area (TPSA) is 30.7 Å². The first kappa shape index (κ1) is 11.8. The lowest BCUT2D eigenvalue weighted by Crippen LogP contribution is -1.95. The van der Waals surface area contributed by atoms with E-state index in [9.17, 15) is 0 Å². The average molecular weight is 229 g/mol. The molecule has 1 aromatic heterocycles. The zero-order valence-electron chi connectivity index (χ0n) is 10.8. The summed E-state index contributed by atoms with van der Waals surface area (Å²) in [6, 6.07) is 6.62. The van der Waals surface area contributed by atoms with Crippen LogP contribution in [0.2, 0.25) is 0 Å². The predicted octanol–water partition coefficient (Wildman–Crippen LogP) is 2.70. The molecule has 0 bridgehead atoms. The second-order valence-corrected chi connectivity index (χ2v) is 4.50. The molecule has 3 nitrogen and oxygen atoms in total. The average Bonchev–Trinajstić information content (AvgIpc) is 2.76. The maximum Gasteiger partial charge on any atom is 0.0830 e. The Kier molecular flexibility index (Phi) is 3.57. The molecule has 0 aliphatic carbocycles. The second kappa shape index (κ2) is 5.13. The molecule has 0 fully saturated rings. The van der Waals surface area contributed by atoms with Gasteiger partial charge in [0.25, 0.3) is 0 Å². The van der Waals surface area contributed by atoms with Crippen LogP contribution in [0.5, 0.6) is 0 Å². The molecular weight excluding hydrogens is 210 g/mol. The molecule has 0 spiro atoms. The molecular formula is C14H19N3. The highest BCUT2D eigenvalue weighted by Crippen LogP contribution is 2.12. The summed E-state index contributed by atoms with van der Waals surface area (Å²) in [5, 5.41) is 8.21. The van der Waals surface area contributed by atoms with E-state index in [1.807, 2.05) is 10.9 Å². The quantitative estimate of drug-likeness (QED) is 0.807. The van der Waals surface area contributed by atoms with Crippen molar-refractivity contribution in [3.63, 3.8) is 0 Å². The first-order chi connectivity index (χ1) is 8.19. The smallest absolute Gasteiger partial charge is 0.0830 e. The minimum Gasteiger partial charge on any atom is -0.253 e. The fraction of sp³-hybridized carbons (Fsp3) is 0.429. The monoisotopic (exact) mass is 229 g/mol. The van der Waals surface area contributed by atoms with Crippen molar-refractivity contribution in [1.29, 1.82) is 0 Å². The van der Waals surface area contributed by atoms with Crippen LogP contribution in [0.4, 0.5) is 0 Å². The van der Waals surface area contributed by atoms with Gasteiger partial charge in [0.15, 0.2) is 0 Å². The molecule has 0 saturated carbocycles. The number of rotatable bonds is 4. The number of hydrogen-bond acceptors (Lipinski definition) is 2. The second-order valence-electron chi connectivity index (χ2n) is 4.50. The maximum absolute atomic E-state index is 4.16. The van der Waals surface area contributed by atoms with E-state index in [1.165, 1.54) is 16.7 Å². The summed E-state index contributed by atoms with van der Waals surface area (Å²) in [4.78, 5) is 0. The minimum absolute atomic E-state index is 0.885. The first-order valence-corrected chi connectivity index (χ1v) is 6.14. The van der Waals surface area contributed by atoms with Crippen LogP contribution in [0.15, 0.2) is 24.4 Å². The van der Waals surface area contributed by atoms with Crippen LogP contribution in [-0.2, 0) is 19.4 Å². The van der Waals surface area contributed by atoms with Gasteiger partial charge in [-0.2, -0.15) is 0 Å². The highest BCUT2D eigenvalue weighted by atomic mass is 15.4. The van der Waals surface area contributed by atoms with Crippen LogP contribution >= 0.6 is 0 Å². The van der Waals surface area contributed by atoms with Crippen molar-refractivity contribution in [1.82, 2.24) is 15.0 Å². The third kappa shape index (κ3) is 2.93. The summed E-state index contributed by atoms with van der Waals surface area (Å²) in [6.07, 6.45) is 4.03. The number of benzene rings is 1. The van der Waals surface area contributed by atoms with Crippen LogP contribution in [0.3, 0.4) is 0 Å². The lowest BCUT2D eigenvalue weighted by atomic mass is 10.0. The summed E-state index contributed by atoms with van der Waals surface area (Å²) < 4.78 is 1.87. The van der Waals surface area contributed by atoms with Crippen molar-refractivity contribution < 1.29 is 0 Å². The maximum atomic E-state index is 4.16. The molecule has 2 aromatic rings. The molecule has 17 heavy (non-hydrogen) atoms. The van der Waals surface area contributed by atoms with Gasteiger partial charge in [0, 0.05) is 12.7 Å². The SMILES string of the molecule is CCn1cc(CCc2ccc(C)cc2C)nn1. The summed E-state index contributed by atoms with van der Waals surface area (Å²) >= 11 is 0. The Morgan fingerprint density at radius 1 is 1.18 bits per heavy atom. The van der Waals surface area contributed by atoms with Gasteiger partial charge in [-0.3, -0.25) is 4.68 Å². The Morgan fingerprint density at radius 3 is 2.65 bits per heavy atom. The molecule has 0 atom stereocenters. The summed E-state index contributed by atoms with van der Waals surface area (Å²) in [6.45, 7) is 7.26. The lowest BCUT2D eigenvalue weighted by molar-refractivity contribution is 0.626. The van der Waals surface area contributed by atoms with Crippen molar-refractivity contribution >= 4 is 0 Å². The highest BCUT2D eigenvalue weighted by molar-refractivity contribution is 5.30. The van der Waals surface area contributed by atoms with Crippen molar-refractivity contribution in [2.75, 3.05) is 0 Å². The van der Waals surface area contributed by atoms with E-state index in [2.05, 4.69) is 49.3 Å². The van der Waals surface area contributed by atoms with Crippen molar-refractivity contribution in [3.05, 3.63) is 46.8 Å². The molecule has 0 unspecified atom stereocenters. The van der Waals surface area contributed by atoms with Crippen LogP contribution < -0.4 is 0 Å².